The van der Waals surface area contributed by atoms with E-state index in [4.69, 9.17) is 4.98 Å². The summed E-state index contributed by atoms with van der Waals surface area (Å²) >= 11 is 1.78. The number of hydrogen-bond acceptors (Lipinski definition) is 5. The van der Waals surface area contributed by atoms with Gasteiger partial charge in [0, 0.05) is 31.9 Å². The molecule has 0 radical (unpaired) electrons. The highest BCUT2D eigenvalue weighted by Gasteiger charge is 2.20. The molecule has 0 aliphatic carbocycles. The van der Waals surface area contributed by atoms with Gasteiger partial charge in [-0.2, -0.15) is 0 Å². The van der Waals surface area contributed by atoms with E-state index < -0.39 is 0 Å². The van der Waals surface area contributed by atoms with Crippen molar-refractivity contribution in [3.05, 3.63) is 59.1 Å². The molecule has 1 N–H and O–H groups in total. The number of carbonyl (C=O) groups is 1. The van der Waals surface area contributed by atoms with Crippen LogP contribution in [-0.2, 0) is 11.3 Å². The van der Waals surface area contributed by atoms with Gasteiger partial charge < -0.3 is 5.32 Å². The second-order valence-corrected chi connectivity index (χ2v) is 9.19. The molecule has 0 spiro atoms. The maximum absolute atomic E-state index is 12.6. The van der Waals surface area contributed by atoms with E-state index in [0.717, 1.165) is 50.3 Å². The molecule has 2 heterocycles. The molecule has 1 amide bonds. The van der Waals surface area contributed by atoms with Crippen molar-refractivity contribution in [3.63, 3.8) is 0 Å². The van der Waals surface area contributed by atoms with E-state index in [9.17, 15) is 4.79 Å². The monoisotopic (exact) mass is 422 g/mol. The summed E-state index contributed by atoms with van der Waals surface area (Å²) in [5.41, 5.74) is 3.26. The maximum atomic E-state index is 12.6. The summed E-state index contributed by atoms with van der Waals surface area (Å²) in [6.07, 6.45) is 1.06. The summed E-state index contributed by atoms with van der Waals surface area (Å²) in [6.45, 7) is 9.47. The van der Waals surface area contributed by atoms with Crippen LogP contribution in [0.5, 0.6) is 0 Å². The van der Waals surface area contributed by atoms with Crippen molar-refractivity contribution in [2.45, 2.75) is 32.7 Å². The van der Waals surface area contributed by atoms with Crippen LogP contribution < -0.4 is 5.32 Å². The molecule has 1 aliphatic rings. The minimum Gasteiger partial charge on any atom is -0.325 e. The normalized spacial score (nSPS) is 16.6. The van der Waals surface area contributed by atoms with Gasteiger partial charge in [-0.05, 0) is 36.1 Å². The number of nitrogens with zero attached hydrogens (tertiary/aromatic N) is 3. The van der Waals surface area contributed by atoms with Crippen LogP contribution >= 0.6 is 11.3 Å². The van der Waals surface area contributed by atoms with Crippen molar-refractivity contribution < 1.29 is 4.79 Å². The number of nitrogens with one attached hydrogen (secondary N) is 1. The maximum Gasteiger partial charge on any atom is 0.238 e. The van der Waals surface area contributed by atoms with Crippen LogP contribution in [0.1, 0.15) is 36.8 Å². The van der Waals surface area contributed by atoms with Crippen LogP contribution in [0.3, 0.4) is 0 Å². The Morgan fingerprint density at radius 3 is 2.53 bits per heavy atom. The zero-order chi connectivity index (χ0) is 20.9. The summed E-state index contributed by atoms with van der Waals surface area (Å²) in [7, 11) is 0. The van der Waals surface area contributed by atoms with Crippen LogP contribution in [0, 0.1) is 0 Å². The molecule has 6 heteroatoms. The van der Waals surface area contributed by atoms with Crippen LogP contribution in [0.2, 0.25) is 0 Å². The minimum absolute atomic E-state index is 0.0744. The summed E-state index contributed by atoms with van der Waals surface area (Å²) in [5.74, 6) is 0.512. The molecule has 0 bridgehead atoms. The topological polar surface area (TPSA) is 48.5 Å². The van der Waals surface area contributed by atoms with Crippen molar-refractivity contribution in [3.8, 4) is 0 Å². The predicted octanol–water partition coefficient (Wildman–Crippen LogP) is 4.57. The number of piperazine rings is 1. The largest absolute Gasteiger partial charge is 0.325 e. The first-order valence-electron chi connectivity index (χ1n) is 10.8. The fourth-order valence-electron chi connectivity index (χ4n) is 3.94. The van der Waals surface area contributed by atoms with E-state index in [1.807, 2.05) is 24.3 Å². The molecule has 1 aliphatic heterocycles. The molecule has 4 rings (SSSR count). The van der Waals surface area contributed by atoms with Crippen molar-refractivity contribution in [1.29, 1.82) is 0 Å². The summed E-state index contributed by atoms with van der Waals surface area (Å²) in [5, 5.41) is 4.31. The van der Waals surface area contributed by atoms with E-state index in [1.54, 1.807) is 11.3 Å². The molecule has 158 valence electrons. The fraction of sp³-hybridized carbons (Fsp3) is 0.417. The number of amides is 1. The predicted molar refractivity (Wildman–Crippen MR) is 125 cm³/mol. The molecule has 1 aromatic heterocycles. The molecular weight excluding hydrogens is 392 g/mol. The van der Waals surface area contributed by atoms with E-state index in [2.05, 4.69) is 53.2 Å². The van der Waals surface area contributed by atoms with Crippen LogP contribution in [0.4, 0.5) is 5.69 Å². The second kappa shape index (κ2) is 9.69. The zero-order valence-electron chi connectivity index (χ0n) is 17.8. The lowest BCUT2D eigenvalue weighted by atomic mass is 9.97. The van der Waals surface area contributed by atoms with Gasteiger partial charge in [0.1, 0.15) is 5.01 Å². The van der Waals surface area contributed by atoms with Gasteiger partial charge in [-0.15, -0.1) is 11.3 Å². The lowest BCUT2D eigenvalue weighted by molar-refractivity contribution is -0.117. The van der Waals surface area contributed by atoms with Crippen molar-refractivity contribution in [2.75, 3.05) is 38.0 Å². The summed E-state index contributed by atoms with van der Waals surface area (Å²) < 4.78 is 1.25. The Bertz CT molecular complexity index is 961. The number of thiazole rings is 1. The van der Waals surface area contributed by atoms with Crippen molar-refractivity contribution in [1.82, 2.24) is 14.8 Å². The molecule has 0 saturated carbocycles. The number of carbonyl (C=O) groups excluding carboxylic acids is 1. The van der Waals surface area contributed by atoms with Gasteiger partial charge in [-0.3, -0.25) is 14.6 Å². The number of hydrogen-bond donors (Lipinski definition) is 1. The molecule has 1 saturated heterocycles. The number of rotatable bonds is 7. The van der Waals surface area contributed by atoms with Gasteiger partial charge in [-0.25, -0.2) is 4.98 Å². The van der Waals surface area contributed by atoms with Gasteiger partial charge >= 0.3 is 0 Å². The first-order chi connectivity index (χ1) is 14.6. The molecule has 1 fully saturated rings. The SMILES string of the molecule is CC[C@H](C)c1ccccc1NC(=O)CN1CCN(Cc2nc3ccccc3s2)CC1. The quantitative estimate of drug-likeness (QED) is 0.606. The third-order valence-electron chi connectivity index (χ3n) is 5.91. The Morgan fingerprint density at radius 1 is 1.07 bits per heavy atom. The third kappa shape index (κ3) is 5.06. The highest BCUT2D eigenvalue weighted by Crippen LogP contribution is 2.26. The number of aromatic nitrogens is 1. The number of anilines is 1. The van der Waals surface area contributed by atoms with Crippen LogP contribution in [0.25, 0.3) is 10.2 Å². The van der Waals surface area contributed by atoms with Gasteiger partial charge in [0.05, 0.1) is 23.3 Å². The minimum atomic E-state index is 0.0744. The van der Waals surface area contributed by atoms with Crippen molar-refractivity contribution >= 4 is 33.1 Å². The standard InChI is InChI=1S/C24H30N4OS/c1-3-18(2)19-8-4-5-9-20(19)25-23(29)16-27-12-14-28(15-13-27)17-24-26-21-10-6-7-11-22(21)30-24/h4-11,18H,3,12-17H2,1-2H3,(H,25,29)/t18-/m0/s1. The van der Waals surface area contributed by atoms with Crippen molar-refractivity contribution in [2.24, 2.45) is 0 Å². The number of para-hydroxylation sites is 2. The van der Waals surface area contributed by atoms with E-state index in [-0.39, 0.29) is 5.91 Å². The van der Waals surface area contributed by atoms with Gasteiger partial charge in [-0.1, -0.05) is 44.2 Å². The first kappa shape index (κ1) is 21.0. The van der Waals surface area contributed by atoms with E-state index >= 15 is 0 Å². The highest BCUT2D eigenvalue weighted by atomic mass is 32.1. The van der Waals surface area contributed by atoms with E-state index in [1.165, 1.54) is 15.3 Å². The molecule has 2 aromatic carbocycles. The fourth-order valence-corrected chi connectivity index (χ4v) is 4.95. The van der Waals surface area contributed by atoms with Gasteiger partial charge in [0.2, 0.25) is 5.91 Å². The summed E-state index contributed by atoms with van der Waals surface area (Å²) in [4.78, 5) is 22.1. The Balaban J connectivity index is 1.27. The zero-order valence-corrected chi connectivity index (χ0v) is 18.6. The summed E-state index contributed by atoms with van der Waals surface area (Å²) in [6, 6.07) is 16.5. The average molecular weight is 423 g/mol. The Morgan fingerprint density at radius 2 is 1.77 bits per heavy atom. The number of fused-ring (bicyclic) bond motifs is 1. The average Bonchev–Trinajstić information content (AvgIpc) is 3.17. The molecule has 1 atom stereocenters. The highest BCUT2D eigenvalue weighted by molar-refractivity contribution is 7.18. The smallest absolute Gasteiger partial charge is 0.238 e. The van der Waals surface area contributed by atoms with Crippen LogP contribution in [-0.4, -0.2) is 53.4 Å². The Labute approximate surface area is 182 Å². The van der Waals surface area contributed by atoms with Gasteiger partial charge in [0.15, 0.2) is 0 Å². The first-order valence-corrected chi connectivity index (χ1v) is 11.6. The molecule has 30 heavy (non-hydrogen) atoms. The Hall–Kier alpha value is -2.28. The van der Waals surface area contributed by atoms with E-state index in [0.29, 0.717) is 12.5 Å². The molecule has 3 aromatic rings. The lowest BCUT2D eigenvalue weighted by Gasteiger charge is -2.33. The Kier molecular flexibility index (Phi) is 6.77. The van der Waals surface area contributed by atoms with Crippen LogP contribution in [0.15, 0.2) is 48.5 Å². The molecular formula is C24H30N4OS. The van der Waals surface area contributed by atoms with Gasteiger partial charge in [0.25, 0.3) is 0 Å². The third-order valence-corrected chi connectivity index (χ3v) is 6.93. The second-order valence-electron chi connectivity index (χ2n) is 8.07. The molecule has 0 unspecified atom stereocenters. The number of benzene rings is 2. The lowest BCUT2D eigenvalue weighted by Crippen LogP contribution is -2.48. The molecule has 5 nitrogen and oxygen atoms in total.